The molecule has 0 radical (unpaired) electrons. The summed E-state index contributed by atoms with van der Waals surface area (Å²) in [4.78, 5) is 11.8. The highest BCUT2D eigenvalue weighted by Gasteiger charge is 2.32. The Labute approximate surface area is 127 Å². The molecule has 0 aromatic heterocycles. The monoisotopic (exact) mass is 335 g/mol. The van der Waals surface area contributed by atoms with E-state index in [1.165, 1.54) is 6.07 Å². The Morgan fingerprint density at radius 1 is 1.45 bits per heavy atom. The van der Waals surface area contributed by atoms with Gasteiger partial charge in [-0.05, 0) is 42.9 Å². The molecule has 4 nitrogen and oxygen atoms in total. The number of nitrogens with one attached hydrogen (secondary N) is 1. The minimum Gasteiger partial charge on any atom is -0.352 e. The van der Waals surface area contributed by atoms with Crippen molar-refractivity contribution in [3.05, 3.63) is 28.3 Å². The largest absolute Gasteiger partial charge is 0.352 e. The van der Waals surface area contributed by atoms with Crippen LogP contribution in [-0.4, -0.2) is 20.9 Å². The maximum absolute atomic E-state index is 12.0. The summed E-state index contributed by atoms with van der Waals surface area (Å²) in [5.74, 6) is 0.843. The van der Waals surface area contributed by atoms with E-state index < -0.39 is 9.05 Å². The smallest absolute Gasteiger partial charge is 0.262 e. The van der Waals surface area contributed by atoms with Crippen molar-refractivity contribution >= 4 is 37.2 Å². The predicted octanol–water partition coefficient (Wildman–Crippen LogP) is 2.96. The molecule has 1 aliphatic carbocycles. The maximum atomic E-state index is 12.0. The van der Waals surface area contributed by atoms with E-state index in [2.05, 4.69) is 12.2 Å². The van der Waals surface area contributed by atoms with Gasteiger partial charge in [0, 0.05) is 22.8 Å². The zero-order chi connectivity index (χ0) is 15.1. The molecule has 1 aromatic rings. The van der Waals surface area contributed by atoms with Gasteiger partial charge < -0.3 is 5.32 Å². The summed E-state index contributed by atoms with van der Waals surface area (Å²) in [7, 11) is 1.35. The van der Waals surface area contributed by atoms with Gasteiger partial charge in [-0.25, -0.2) is 8.42 Å². The zero-order valence-electron chi connectivity index (χ0n) is 11.1. The van der Waals surface area contributed by atoms with E-state index in [-0.39, 0.29) is 21.4 Å². The van der Waals surface area contributed by atoms with Gasteiger partial charge in [0.1, 0.15) is 4.90 Å². The Balaban J connectivity index is 2.23. The van der Waals surface area contributed by atoms with Crippen molar-refractivity contribution in [3.63, 3.8) is 0 Å². The number of aryl methyl sites for hydroxylation is 1. The summed E-state index contributed by atoms with van der Waals surface area (Å²) < 4.78 is 22.9. The number of carbonyl (C=O) groups is 1. The van der Waals surface area contributed by atoms with Gasteiger partial charge in [-0.3, -0.25) is 4.79 Å². The van der Waals surface area contributed by atoms with Gasteiger partial charge in [0.05, 0.1) is 5.02 Å². The SMILES string of the molecule is Cc1cc(C(=O)NCC2CC2C)cc(S(=O)(=O)Cl)c1Cl. The molecule has 0 heterocycles. The maximum Gasteiger partial charge on any atom is 0.262 e. The minimum atomic E-state index is -3.98. The molecule has 1 amide bonds. The van der Waals surface area contributed by atoms with E-state index in [0.717, 1.165) is 6.42 Å². The van der Waals surface area contributed by atoms with Crippen molar-refractivity contribution in [1.29, 1.82) is 0 Å². The summed E-state index contributed by atoms with van der Waals surface area (Å²) in [5, 5.41) is 2.85. The van der Waals surface area contributed by atoms with Crippen LogP contribution >= 0.6 is 22.3 Å². The van der Waals surface area contributed by atoms with Crippen molar-refractivity contribution in [1.82, 2.24) is 5.32 Å². The Morgan fingerprint density at radius 2 is 2.05 bits per heavy atom. The van der Waals surface area contributed by atoms with Crippen LogP contribution in [0.2, 0.25) is 5.02 Å². The van der Waals surface area contributed by atoms with Crippen LogP contribution in [0.4, 0.5) is 0 Å². The van der Waals surface area contributed by atoms with Crippen molar-refractivity contribution in [2.75, 3.05) is 6.54 Å². The van der Waals surface area contributed by atoms with Crippen molar-refractivity contribution < 1.29 is 13.2 Å². The lowest BCUT2D eigenvalue weighted by Crippen LogP contribution is -2.26. The molecule has 0 bridgehead atoms. The average Bonchev–Trinajstić information content (AvgIpc) is 3.04. The molecule has 1 N–H and O–H groups in total. The van der Waals surface area contributed by atoms with Crippen LogP contribution < -0.4 is 5.32 Å². The fraction of sp³-hybridized carbons (Fsp3) is 0.462. The number of hydrogen-bond donors (Lipinski definition) is 1. The summed E-state index contributed by atoms with van der Waals surface area (Å²) in [5.41, 5.74) is 0.748. The number of rotatable bonds is 4. The van der Waals surface area contributed by atoms with Gasteiger partial charge in [0.2, 0.25) is 0 Å². The topological polar surface area (TPSA) is 63.2 Å². The minimum absolute atomic E-state index is 0.0485. The van der Waals surface area contributed by atoms with E-state index >= 15 is 0 Å². The third-order valence-electron chi connectivity index (χ3n) is 3.55. The molecule has 20 heavy (non-hydrogen) atoms. The lowest BCUT2D eigenvalue weighted by Gasteiger charge is -2.09. The number of amides is 1. The van der Waals surface area contributed by atoms with Crippen LogP contribution in [0.1, 0.15) is 29.3 Å². The van der Waals surface area contributed by atoms with Crippen molar-refractivity contribution in [3.8, 4) is 0 Å². The highest BCUT2D eigenvalue weighted by molar-refractivity contribution is 8.13. The van der Waals surface area contributed by atoms with E-state index in [9.17, 15) is 13.2 Å². The number of hydrogen-bond acceptors (Lipinski definition) is 3. The third-order valence-corrected chi connectivity index (χ3v) is 5.51. The first kappa shape index (κ1) is 15.6. The van der Waals surface area contributed by atoms with E-state index in [1.807, 2.05) is 0 Å². The first-order valence-electron chi connectivity index (χ1n) is 6.23. The van der Waals surface area contributed by atoms with Crippen LogP contribution in [0.3, 0.4) is 0 Å². The second kappa shape index (κ2) is 5.54. The van der Waals surface area contributed by atoms with Crippen molar-refractivity contribution in [2.45, 2.75) is 25.2 Å². The van der Waals surface area contributed by atoms with Crippen LogP contribution in [0.5, 0.6) is 0 Å². The van der Waals surface area contributed by atoms with Crippen LogP contribution in [-0.2, 0) is 9.05 Å². The first-order valence-corrected chi connectivity index (χ1v) is 8.92. The number of carbonyl (C=O) groups excluding carboxylic acids is 1. The second-order valence-corrected chi connectivity index (χ2v) is 8.14. The van der Waals surface area contributed by atoms with Crippen LogP contribution in [0.25, 0.3) is 0 Å². The standard InChI is InChI=1S/C13H15Cl2NO3S/c1-7-3-10(7)6-16-13(17)9-4-8(2)12(14)11(5-9)20(15,18)19/h4-5,7,10H,3,6H2,1-2H3,(H,16,17). The number of halogens is 2. The molecular weight excluding hydrogens is 321 g/mol. The van der Waals surface area contributed by atoms with Crippen LogP contribution in [0.15, 0.2) is 17.0 Å². The van der Waals surface area contributed by atoms with Crippen molar-refractivity contribution in [2.24, 2.45) is 11.8 Å². The third kappa shape index (κ3) is 3.45. The summed E-state index contributed by atoms with van der Waals surface area (Å²) in [6.07, 6.45) is 1.11. The highest BCUT2D eigenvalue weighted by atomic mass is 35.7. The molecule has 110 valence electrons. The molecule has 0 spiro atoms. The molecule has 2 atom stereocenters. The fourth-order valence-corrected chi connectivity index (χ4v) is 3.60. The molecular formula is C13H15Cl2NO3S. The van der Waals surface area contributed by atoms with Gasteiger partial charge in [0.15, 0.2) is 0 Å². The van der Waals surface area contributed by atoms with Gasteiger partial charge in [-0.15, -0.1) is 0 Å². The van der Waals surface area contributed by atoms with E-state index in [0.29, 0.717) is 23.9 Å². The quantitative estimate of drug-likeness (QED) is 0.860. The lowest BCUT2D eigenvalue weighted by atomic mass is 10.1. The summed E-state index contributed by atoms with van der Waals surface area (Å²) >= 11 is 5.92. The van der Waals surface area contributed by atoms with Gasteiger partial charge in [-0.2, -0.15) is 0 Å². The zero-order valence-corrected chi connectivity index (χ0v) is 13.4. The molecule has 2 rings (SSSR count). The van der Waals surface area contributed by atoms with Gasteiger partial charge in [0.25, 0.3) is 15.0 Å². The molecule has 1 aromatic carbocycles. The molecule has 1 fully saturated rings. The highest BCUT2D eigenvalue weighted by Crippen LogP contribution is 2.36. The lowest BCUT2D eigenvalue weighted by molar-refractivity contribution is 0.0951. The predicted molar refractivity (Wildman–Crippen MR) is 78.8 cm³/mol. The molecule has 1 aliphatic rings. The van der Waals surface area contributed by atoms with Gasteiger partial charge in [-0.1, -0.05) is 18.5 Å². The Morgan fingerprint density at radius 3 is 2.55 bits per heavy atom. The fourth-order valence-electron chi connectivity index (χ4n) is 2.06. The van der Waals surface area contributed by atoms with Gasteiger partial charge >= 0.3 is 0 Å². The summed E-state index contributed by atoms with van der Waals surface area (Å²) in [6, 6.07) is 2.77. The average molecular weight is 336 g/mol. The first-order chi connectivity index (χ1) is 9.20. The van der Waals surface area contributed by atoms with E-state index in [1.54, 1.807) is 13.0 Å². The normalized spacial score (nSPS) is 21.6. The Kier molecular flexibility index (Phi) is 4.33. The van der Waals surface area contributed by atoms with E-state index in [4.69, 9.17) is 22.3 Å². The molecule has 1 saturated carbocycles. The summed E-state index contributed by atoms with van der Waals surface area (Å²) in [6.45, 7) is 4.36. The molecule has 0 saturated heterocycles. The molecule has 2 unspecified atom stereocenters. The molecule has 7 heteroatoms. The Bertz CT molecular complexity index is 658. The second-order valence-electron chi connectivity index (χ2n) is 5.23. The number of benzene rings is 1. The van der Waals surface area contributed by atoms with Crippen LogP contribution in [0, 0.1) is 18.8 Å². The molecule has 0 aliphatic heterocycles. The Hall–Kier alpha value is -0.780.